The third-order valence-corrected chi connectivity index (χ3v) is 3.42. The molecule has 24 heavy (non-hydrogen) atoms. The van der Waals surface area contributed by atoms with Crippen LogP contribution >= 0.6 is 0 Å². The van der Waals surface area contributed by atoms with Crippen LogP contribution in [0.5, 0.6) is 0 Å². The maximum atomic E-state index is 13.5. The summed E-state index contributed by atoms with van der Waals surface area (Å²) in [7, 11) is 0. The molecule has 2 N–H and O–H groups in total. The Morgan fingerprint density at radius 3 is 2.75 bits per heavy atom. The van der Waals surface area contributed by atoms with Crippen molar-refractivity contribution in [3.63, 3.8) is 0 Å². The Morgan fingerprint density at radius 1 is 1.29 bits per heavy atom. The Morgan fingerprint density at radius 2 is 2.08 bits per heavy atom. The minimum Gasteiger partial charge on any atom is -0.348 e. The number of carbonyl (C=O) groups excluding carboxylic acids is 1. The first-order valence-electron chi connectivity index (χ1n) is 8.24. The first-order chi connectivity index (χ1) is 11.5. The van der Waals surface area contributed by atoms with Crippen molar-refractivity contribution < 1.29 is 9.18 Å². The van der Waals surface area contributed by atoms with Gasteiger partial charge in [-0.1, -0.05) is 26.8 Å². The molecule has 2 aromatic rings. The molecule has 0 spiro atoms. The van der Waals surface area contributed by atoms with Crippen LogP contribution in [0.25, 0.3) is 5.69 Å². The number of amides is 1. The molecule has 2 rings (SSSR count). The van der Waals surface area contributed by atoms with Gasteiger partial charge in [-0.05, 0) is 31.2 Å². The minimum absolute atomic E-state index is 0.0496. The first kappa shape index (κ1) is 18.1. The monoisotopic (exact) mass is 333 g/mol. The van der Waals surface area contributed by atoms with E-state index in [4.69, 9.17) is 0 Å². The van der Waals surface area contributed by atoms with Crippen molar-refractivity contribution in [2.75, 3.05) is 19.6 Å². The van der Waals surface area contributed by atoms with Gasteiger partial charge >= 0.3 is 0 Å². The summed E-state index contributed by atoms with van der Waals surface area (Å²) in [6.45, 7) is 8.11. The van der Waals surface area contributed by atoms with Crippen molar-refractivity contribution in [3.05, 3.63) is 41.7 Å². The van der Waals surface area contributed by atoms with E-state index in [0.29, 0.717) is 24.6 Å². The van der Waals surface area contributed by atoms with Crippen molar-refractivity contribution in [2.24, 2.45) is 0 Å². The van der Waals surface area contributed by atoms with E-state index in [2.05, 4.69) is 27.6 Å². The predicted octanol–water partition coefficient (Wildman–Crippen LogP) is 2.26. The zero-order chi connectivity index (χ0) is 17.5. The number of carbonyl (C=O) groups is 1. The third kappa shape index (κ3) is 4.61. The van der Waals surface area contributed by atoms with Gasteiger partial charge in [-0.25, -0.2) is 14.1 Å². The third-order valence-electron chi connectivity index (χ3n) is 3.42. The van der Waals surface area contributed by atoms with Gasteiger partial charge in [-0.3, -0.25) is 4.79 Å². The van der Waals surface area contributed by atoms with Gasteiger partial charge in [0.1, 0.15) is 11.6 Å². The maximum absolute atomic E-state index is 13.5. The molecular formula is C17H24FN5O. The fraction of sp³-hybridized carbons (Fsp3) is 0.471. The molecular weight excluding hydrogens is 309 g/mol. The van der Waals surface area contributed by atoms with E-state index < -0.39 is 0 Å². The second-order valence-electron chi connectivity index (χ2n) is 5.85. The summed E-state index contributed by atoms with van der Waals surface area (Å²) in [5, 5.41) is 10.3. The summed E-state index contributed by atoms with van der Waals surface area (Å²) in [6.07, 6.45) is 1.05. The molecule has 0 saturated heterocycles. The van der Waals surface area contributed by atoms with E-state index in [1.807, 2.05) is 13.8 Å². The lowest BCUT2D eigenvalue weighted by Crippen LogP contribution is -2.32. The zero-order valence-corrected chi connectivity index (χ0v) is 14.3. The topological polar surface area (TPSA) is 71.8 Å². The molecule has 0 aliphatic carbocycles. The van der Waals surface area contributed by atoms with E-state index in [1.165, 1.54) is 16.8 Å². The lowest BCUT2D eigenvalue weighted by Gasteiger charge is -2.07. The zero-order valence-electron chi connectivity index (χ0n) is 14.3. The average Bonchev–Trinajstić information content (AvgIpc) is 3.00. The molecule has 0 unspecified atom stereocenters. The summed E-state index contributed by atoms with van der Waals surface area (Å²) in [6, 6.07) is 6.08. The largest absolute Gasteiger partial charge is 0.348 e. The lowest BCUT2D eigenvalue weighted by molar-refractivity contribution is 0.0943. The molecule has 0 aliphatic rings. The van der Waals surface area contributed by atoms with E-state index in [9.17, 15) is 9.18 Å². The number of hydrogen-bond acceptors (Lipinski definition) is 4. The first-order valence-corrected chi connectivity index (χ1v) is 8.24. The number of nitrogens with one attached hydrogen (secondary N) is 2. The van der Waals surface area contributed by atoms with Crippen molar-refractivity contribution in [3.8, 4) is 5.69 Å². The molecule has 1 heterocycles. The smallest absolute Gasteiger partial charge is 0.291 e. The molecule has 7 heteroatoms. The summed E-state index contributed by atoms with van der Waals surface area (Å²) in [5.74, 6) is 0.0814. The summed E-state index contributed by atoms with van der Waals surface area (Å²) in [5.41, 5.74) is 0.551. The number of halogens is 1. The molecule has 1 aromatic carbocycles. The lowest BCUT2D eigenvalue weighted by atomic mass is 10.2. The van der Waals surface area contributed by atoms with Gasteiger partial charge in [-0.15, -0.1) is 5.10 Å². The molecule has 0 fully saturated rings. The number of nitrogens with zero attached hydrogens (tertiary/aromatic N) is 3. The molecule has 0 bridgehead atoms. The number of benzene rings is 1. The highest BCUT2D eigenvalue weighted by atomic mass is 19.1. The Labute approximate surface area is 141 Å². The highest BCUT2D eigenvalue weighted by Gasteiger charge is 2.19. The second-order valence-corrected chi connectivity index (χ2v) is 5.85. The fourth-order valence-corrected chi connectivity index (χ4v) is 2.24. The molecule has 1 amide bonds. The standard InChI is InChI=1S/C17H24FN5O/c1-4-8-19-9-10-20-17(24)15-21-16(12(2)3)23(22-15)14-7-5-6-13(18)11-14/h5-7,11-12,19H,4,8-10H2,1-3H3,(H,20,24). The van der Waals surface area contributed by atoms with Gasteiger partial charge in [0.25, 0.3) is 5.91 Å². The molecule has 0 atom stereocenters. The second kappa shape index (κ2) is 8.54. The average molecular weight is 333 g/mol. The van der Waals surface area contributed by atoms with E-state index >= 15 is 0 Å². The molecule has 0 saturated carbocycles. The van der Waals surface area contributed by atoms with Crippen LogP contribution < -0.4 is 10.6 Å². The van der Waals surface area contributed by atoms with Crippen LogP contribution in [-0.4, -0.2) is 40.3 Å². The van der Waals surface area contributed by atoms with Crippen molar-refractivity contribution in [2.45, 2.75) is 33.1 Å². The number of rotatable bonds is 8. The van der Waals surface area contributed by atoms with Crippen molar-refractivity contribution in [1.82, 2.24) is 25.4 Å². The van der Waals surface area contributed by atoms with Crippen LogP contribution in [0.3, 0.4) is 0 Å². The van der Waals surface area contributed by atoms with Crippen LogP contribution in [0.4, 0.5) is 4.39 Å². The highest BCUT2D eigenvalue weighted by Crippen LogP contribution is 2.18. The Balaban J connectivity index is 2.14. The van der Waals surface area contributed by atoms with Crippen LogP contribution in [0.15, 0.2) is 24.3 Å². The van der Waals surface area contributed by atoms with E-state index in [0.717, 1.165) is 13.0 Å². The molecule has 6 nitrogen and oxygen atoms in total. The van der Waals surface area contributed by atoms with Crippen LogP contribution in [-0.2, 0) is 0 Å². The predicted molar refractivity (Wildman–Crippen MR) is 90.9 cm³/mol. The van der Waals surface area contributed by atoms with Gasteiger partial charge in [0, 0.05) is 19.0 Å². The molecule has 1 aromatic heterocycles. The van der Waals surface area contributed by atoms with E-state index in [-0.39, 0.29) is 23.5 Å². The Kier molecular flexibility index (Phi) is 6.43. The molecule has 130 valence electrons. The number of hydrogen-bond donors (Lipinski definition) is 2. The van der Waals surface area contributed by atoms with Crippen molar-refractivity contribution in [1.29, 1.82) is 0 Å². The van der Waals surface area contributed by atoms with Gasteiger partial charge < -0.3 is 10.6 Å². The fourth-order valence-electron chi connectivity index (χ4n) is 2.24. The molecule has 0 aliphatic heterocycles. The van der Waals surface area contributed by atoms with Crippen LogP contribution in [0, 0.1) is 5.82 Å². The summed E-state index contributed by atoms with van der Waals surface area (Å²) >= 11 is 0. The maximum Gasteiger partial charge on any atom is 0.291 e. The van der Waals surface area contributed by atoms with Crippen molar-refractivity contribution >= 4 is 5.91 Å². The van der Waals surface area contributed by atoms with Gasteiger partial charge in [0.2, 0.25) is 5.82 Å². The molecule has 0 radical (unpaired) electrons. The van der Waals surface area contributed by atoms with Crippen LogP contribution in [0.2, 0.25) is 0 Å². The normalized spacial score (nSPS) is 11.0. The van der Waals surface area contributed by atoms with Gasteiger partial charge in [-0.2, -0.15) is 0 Å². The SMILES string of the molecule is CCCNCCNC(=O)c1nc(C(C)C)n(-c2cccc(F)c2)n1. The van der Waals surface area contributed by atoms with Gasteiger partial charge in [0.15, 0.2) is 0 Å². The Hall–Kier alpha value is -2.28. The van der Waals surface area contributed by atoms with E-state index in [1.54, 1.807) is 12.1 Å². The van der Waals surface area contributed by atoms with Gasteiger partial charge in [0.05, 0.1) is 5.69 Å². The Bertz CT molecular complexity index is 683. The summed E-state index contributed by atoms with van der Waals surface area (Å²) < 4.78 is 15.0. The number of aromatic nitrogens is 3. The minimum atomic E-state index is -0.356. The van der Waals surface area contributed by atoms with Crippen LogP contribution in [0.1, 0.15) is 49.6 Å². The quantitative estimate of drug-likeness (QED) is 0.727. The highest BCUT2D eigenvalue weighted by molar-refractivity contribution is 5.90. The summed E-state index contributed by atoms with van der Waals surface area (Å²) in [4.78, 5) is 16.5.